The number of benzene rings is 2. The summed E-state index contributed by atoms with van der Waals surface area (Å²) in [5.41, 5.74) is 8.09. The zero-order valence-electron chi connectivity index (χ0n) is 12.3. The molecular weight excluding hydrogens is 260 g/mol. The summed E-state index contributed by atoms with van der Waals surface area (Å²) in [6, 6.07) is 20.1. The van der Waals surface area contributed by atoms with Crippen molar-refractivity contribution in [2.24, 2.45) is 5.73 Å². The van der Waals surface area contributed by atoms with Crippen molar-refractivity contribution < 1.29 is 4.79 Å². The van der Waals surface area contributed by atoms with Gasteiger partial charge in [-0.2, -0.15) is 0 Å². The van der Waals surface area contributed by atoms with Crippen LogP contribution in [0.15, 0.2) is 60.7 Å². The highest BCUT2D eigenvalue weighted by atomic mass is 16.2. The minimum absolute atomic E-state index is 0.107. The number of carbonyl (C=O) groups excluding carboxylic acids is 1. The van der Waals surface area contributed by atoms with Crippen molar-refractivity contribution in [3.8, 4) is 0 Å². The van der Waals surface area contributed by atoms with Crippen LogP contribution >= 0.6 is 0 Å². The number of nitrogens with two attached hydrogens (primary N) is 1. The fourth-order valence-corrected chi connectivity index (χ4v) is 2.32. The number of nitrogens with one attached hydrogen (secondary N) is 1. The van der Waals surface area contributed by atoms with E-state index in [1.54, 1.807) is 6.92 Å². The molecule has 2 atom stereocenters. The zero-order chi connectivity index (χ0) is 15.1. The van der Waals surface area contributed by atoms with E-state index in [4.69, 9.17) is 5.73 Å². The molecular formula is C18H22N2O. The maximum absolute atomic E-state index is 11.7. The van der Waals surface area contributed by atoms with Gasteiger partial charge in [-0.1, -0.05) is 60.7 Å². The van der Waals surface area contributed by atoms with Gasteiger partial charge in [-0.05, 0) is 24.5 Å². The molecule has 0 aliphatic carbocycles. The van der Waals surface area contributed by atoms with Gasteiger partial charge in [0.25, 0.3) is 0 Å². The fraction of sp³-hybridized carbons (Fsp3) is 0.278. The lowest BCUT2D eigenvalue weighted by Gasteiger charge is -2.19. The van der Waals surface area contributed by atoms with Crippen LogP contribution in [0.2, 0.25) is 0 Å². The average Bonchev–Trinajstić information content (AvgIpc) is 2.52. The van der Waals surface area contributed by atoms with Crippen LogP contribution in [0, 0.1) is 0 Å². The van der Waals surface area contributed by atoms with E-state index in [-0.39, 0.29) is 11.8 Å². The quantitative estimate of drug-likeness (QED) is 0.855. The third-order valence-corrected chi connectivity index (χ3v) is 3.53. The maximum atomic E-state index is 11.7. The van der Waals surface area contributed by atoms with E-state index < -0.39 is 6.04 Å². The van der Waals surface area contributed by atoms with E-state index in [9.17, 15) is 4.79 Å². The molecule has 0 spiro atoms. The Morgan fingerprint density at radius 2 is 1.62 bits per heavy atom. The molecule has 0 aromatic heterocycles. The van der Waals surface area contributed by atoms with Gasteiger partial charge in [0.1, 0.15) is 0 Å². The van der Waals surface area contributed by atoms with E-state index in [1.165, 1.54) is 11.1 Å². The molecule has 0 radical (unpaired) electrons. The summed E-state index contributed by atoms with van der Waals surface area (Å²) < 4.78 is 0. The van der Waals surface area contributed by atoms with Crippen molar-refractivity contribution in [2.75, 3.05) is 6.54 Å². The highest BCUT2D eigenvalue weighted by molar-refractivity contribution is 5.81. The van der Waals surface area contributed by atoms with E-state index >= 15 is 0 Å². The molecule has 3 heteroatoms. The molecule has 21 heavy (non-hydrogen) atoms. The SMILES string of the molecule is C[C@H](N)C(=O)NCC(Cc1ccccc1)c1ccccc1. The van der Waals surface area contributed by atoms with Crippen LogP contribution in [0.25, 0.3) is 0 Å². The highest BCUT2D eigenvalue weighted by Gasteiger charge is 2.15. The second kappa shape index (κ2) is 7.60. The van der Waals surface area contributed by atoms with Gasteiger partial charge in [-0.3, -0.25) is 4.79 Å². The van der Waals surface area contributed by atoms with Crippen LogP contribution in [0.3, 0.4) is 0 Å². The summed E-state index contributed by atoms with van der Waals surface area (Å²) in [6.07, 6.45) is 0.893. The molecule has 2 rings (SSSR count). The summed E-state index contributed by atoms with van der Waals surface area (Å²) in [5, 5.41) is 2.94. The van der Waals surface area contributed by atoms with Gasteiger partial charge >= 0.3 is 0 Å². The van der Waals surface area contributed by atoms with Crippen LogP contribution in [0.1, 0.15) is 24.0 Å². The number of carbonyl (C=O) groups is 1. The largest absolute Gasteiger partial charge is 0.354 e. The summed E-state index contributed by atoms with van der Waals surface area (Å²) in [7, 11) is 0. The van der Waals surface area contributed by atoms with Gasteiger partial charge in [0.15, 0.2) is 0 Å². The number of amides is 1. The molecule has 0 fully saturated rings. The first kappa shape index (κ1) is 15.3. The molecule has 3 N–H and O–H groups in total. The Morgan fingerprint density at radius 1 is 1.05 bits per heavy atom. The molecule has 0 aliphatic heterocycles. The Hall–Kier alpha value is -2.13. The first-order valence-electron chi connectivity index (χ1n) is 7.29. The van der Waals surface area contributed by atoms with Crippen molar-refractivity contribution in [2.45, 2.75) is 25.3 Å². The standard InChI is InChI=1S/C18H22N2O/c1-14(19)18(21)20-13-17(16-10-6-3-7-11-16)12-15-8-4-2-5-9-15/h2-11,14,17H,12-13,19H2,1H3,(H,20,21)/t14-,17?/m0/s1. The molecule has 1 amide bonds. The summed E-state index contributed by atoms with van der Waals surface area (Å²) in [5.74, 6) is 0.139. The van der Waals surface area contributed by atoms with Crippen LogP contribution in [0.5, 0.6) is 0 Å². The van der Waals surface area contributed by atoms with Crippen LogP contribution in [-0.4, -0.2) is 18.5 Å². The Balaban J connectivity index is 2.09. The molecule has 110 valence electrons. The molecule has 0 aliphatic rings. The van der Waals surface area contributed by atoms with Gasteiger partial charge in [0.05, 0.1) is 6.04 Å². The molecule has 2 aromatic rings. The molecule has 0 saturated heterocycles. The highest BCUT2D eigenvalue weighted by Crippen LogP contribution is 2.20. The zero-order valence-corrected chi connectivity index (χ0v) is 12.3. The number of rotatable bonds is 6. The smallest absolute Gasteiger partial charge is 0.236 e. The molecule has 1 unspecified atom stereocenters. The molecule has 0 saturated carbocycles. The van der Waals surface area contributed by atoms with Crippen molar-refractivity contribution >= 4 is 5.91 Å². The number of hydrogen-bond donors (Lipinski definition) is 2. The molecule has 3 nitrogen and oxygen atoms in total. The number of hydrogen-bond acceptors (Lipinski definition) is 2. The molecule has 0 heterocycles. The summed E-state index contributed by atoms with van der Waals surface area (Å²) >= 11 is 0. The molecule has 2 aromatic carbocycles. The predicted molar refractivity (Wildman–Crippen MR) is 86.0 cm³/mol. The Morgan fingerprint density at radius 3 is 2.19 bits per heavy atom. The predicted octanol–water partition coefficient (Wildman–Crippen LogP) is 2.48. The van der Waals surface area contributed by atoms with Gasteiger partial charge in [0, 0.05) is 12.5 Å². The topological polar surface area (TPSA) is 55.1 Å². The third kappa shape index (κ3) is 4.72. The van der Waals surface area contributed by atoms with E-state index in [0.717, 1.165) is 6.42 Å². The third-order valence-electron chi connectivity index (χ3n) is 3.53. The minimum Gasteiger partial charge on any atom is -0.354 e. The Labute approximate surface area is 126 Å². The second-order valence-electron chi connectivity index (χ2n) is 5.33. The van der Waals surface area contributed by atoms with Crippen molar-refractivity contribution in [1.82, 2.24) is 5.32 Å². The monoisotopic (exact) mass is 282 g/mol. The first-order chi connectivity index (χ1) is 10.2. The van der Waals surface area contributed by atoms with E-state index in [0.29, 0.717) is 6.54 Å². The van der Waals surface area contributed by atoms with Crippen molar-refractivity contribution in [3.05, 3.63) is 71.8 Å². The van der Waals surface area contributed by atoms with Crippen LogP contribution < -0.4 is 11.1 Å². The van der Waals surface area contributed by atoms with E-state index in [2.05, 4.69) is 29.6 Å². The van der Waals surface area contributed by atoms with Crippen molar-refractivity contribution in [3.63, 3.8) is 0 Å². The minimum atomic E-state index is -0.474. The fourth-order valence-electron chi connectivity index (χ4n) is 2.32. The maximum Gasteiger partial charge on any atom is 0.236 e. The van der Waals surface area contributed by atoms with Gasteiger partial charge in [0.2, 0.25) is 5.91 Å². The second-order valence-corrected chi connectivity index (χ2v) is 5.33. The van der Waals surface area contributed by atoms with E-state index in [1.807, 2.05) is 36.4 Å². The lowest BCUT2D eigenvalue weighted by molar-refractivity contribution is -0.122. The van der Waals surface area contributed by atoms with Crippen LogP contribution in [0.4, 0.5) is 0 Å². The molecule has 0 bridgehead atoms. The van der Waals surface area contributed by atoms with Gasteiger partial charge in [-0.15, -0.1) is 0 Å². The normalized spacial score (nSPS) is 13.4. The van der Waals surface area contributed by atoms with Gasteiger partial charge in [-0.25, -0.2) is 0 Å². The lowest BCUT2D eigenvalue weighted by atomic mass is 9.92. The Kier molecular flexibility index (Phi) is 5.52. The summed E-state index contributed by atoms with van der Waals surface area (Å²) in [4.78, 5) is 11.7. The average molecular weight is 282 g/mol. The van der Waals surface area contributed by atoms with Crippen molar-refractivity contribution in [1.29, 1.82) is 0 Å². The van der Waals surface area contributed by atoms with Gasteiger partial charge < -0.3 is 11.1 Å². The van der Waals surface area contributed by atoms with Crippen LogP contribution in [-0.2, 0) is 11.2 Å². The lowest BCUT2D eigenvalue weighted by Crippen LogP contribution is -2.40. The Bertz CT molecular complexity index is 552. The summed E-state index contributed by atoms with van der Waals surface area (Å²) in [6.45, 7) is 2.29. The first-order valence-corrected chi connectivity index (χ1v) is 7.29.